The first-order valence-corrected chi connectivity index (χ1v) is 11.3. The van der Waals surface area contributed by atoms with E-state index in [2.05, 4.69) is 10.3 Å². The molecule has 9 nitrogen and oxygen atoms in total. The van der Waals surface area contributed by atoms with E-state index in [-0.39, 0.29) is 10.7 Å². The van der Waals surface area contributed by atoms with Gasteiger partial charge in [0.2, 0.25) is 0 Å². The van der Waals surface area contributed by atoms with Crippen molar-refractivity contribution in [2.24, 2.45) is 7.05 Å². The van der Waals surface area contributed by atoms with E-state index >= 15 is 0 Å². The maximum Gasteiger partial charge on any atom is 0.382 e. The van der Waals surface area contributed by atoms with Gasteiger partial charge in [0.05, 0.1) is 4.90 Å². The molecule has 0 fully saturated rings. The minimum atomic E-state index is -3.70. The molecule has 2 aromatic carbocycles. The van der Waals surface area contributed by atoms with E-state index in [0.717, 1.165) is 17.2 Å². The van der Waals surface area contributed by atoms with Crippen LogP contribution in [0.1, 0.15) is 22.6 Å². The number of amides is 1. The molecule has 0 spiro atoms. The molecule has 0 aliphatic carbocycles. The van der Waals surface area contributed by atoms with Crippen LogP contribution in [0.4, 0.5) is 5.82 Å². The fraction of sp³-hybridized carbons (Fsp3) is 0.182. The van der Waals surface area contributed by atoms with Crippen molar-refractivity contribution in [2.75, 3.05) is 0 Å². The highest BCUT2D eigenvalue weighted by molar-refractivity contribution is 7.94. The van der Waals surface area contributed by atoms with Crippen LogP contribution >= 0.6 is 0 Å². The molecule has 1 unspecified atom stereocenters. The molecule has 1 atom stereocenters. The van der Waals surface area contributed by atoms with E-state index in [1.165, 1.54) is 29.8 Å². The molecule has 1 N–H and O–H groups in total. The van der Waals surface area contributed by atoms with Gasteiger partial charge in [-0.2, -0.15) is 0 Å². The fourth-order valence-electron chi connectivity index (χ4n) is 3.05. The van der Waals surface area contributed by atoms with Crippen molar-refractivity contribution in [1.82, 2.24) is 14.9 Å². The van der Waals surface area contributed by atoms with Gasteiger partial charge >= 0.3 is 17.5 Å². The molecule has 1 heterocycles. The number of carbonyl (C=O) groups is 1. The molecular formula is C22H22N4O5S. The zero-order chi connectivity index (χ0) is 23.1. The van der Waals surface area contributed by atoms with Gasteiger partial charge in [-0.05, 0) is 40.4 Å². The fourth-order valence-corrected chi connectivity index (χ4v) is 4.14. The van der Waals surface area contributed by atoms with Gasteiger partial charge in [0.25, 0.3) is 0 Å². The van der Waals surface area contributed by atoms with Crippen LogP contribution in [0.5, 0.6) is 0 Å². The number of aromatic nitrogens is 2. The summed E-state index contributed by atoms with van der Waals surface area (Å²) in [6.07, 6.45) is 3.56. The smallest absolute Gasteiger partial charge is 0.358 e. The van der Waals surface area contributed by atoms with Crippen molar-refractivity contribution in [1.29, 1.82) is 0 Å². The first kappa shape index (κ1) is 22.9. The van der Waals surface area contributed by atoms with E-state index < -0.39 is 32.5 Å². The number of aryl methyl sites for hydroxylation is 2. The summed E-state index contributed by atoms with van der Waals surface area (Å²) in [4.78, 5) is 26.9. The number of rotatable bonds is 9. The second kappa shape index (κ2) is 10.0. The number of nitrogens with zero attached hydrogens (tertiary/aromatic N) is 3. The molecule has 3 rings (SSSR count). The highest BCUT2D eigenvalue weighted by Crippen LogP contribution is 2.14. The molecule has 10 heteroatoms. The SMILES string of the molecule is Cn1cc([N+](=O)[O-])nc1C(=O)NC(C=CS(=O)(=O)c1ccccc1)CCc1ccccc1. The molecule has 166 valence electrons. The van der Waals surface area contributed by atoms with Gasteiger partial charge in [-0.1, -0.05) is 54.6 Å². The lowest BCUT2D eigenvalue weighted by Crippen LogP contribution is -2.35. The second-order valence-electron chi connectivity index (χ2n) is 7.08. The van der Waals surface area contributed by atoms with E-state index in [1.807, 2.05) is 30.3 Å². The molecule has 0 aliphatic heterocycles. The maximum absolute atomic E-state index is 12.7. The Balaban J connectivity index is 1.81. The third-order valence-electron chi connectivity index (χ3n) is 4.72. The average Bonchev–Trinajstić information content (AvgIpc) is 3.19. The largest absolute Gasteiger partial charge is 0.382 e. The zero-order valence-corrected chi connectivity index (χ0v) is 18.1. The second-order valence-corrected chi connectivity index (χ2v) is 8.92. The van der Waals surface area contributed by atoms with Gasteiger partial charge in [-0.3, -0.25) is 4.79 Å². The normalized spacial score (nSPS) is 12.5. The van der Waals surface area contributed by atoms with Gasteiger partial charge in [0.1, 0.15) is 6.20 Å². The minimum absolute atomic E-state index is 0.138. The molecule has 3 aromatic rings. The Morgan fingerprint density at radius 2 is 1.78 bits per heavy atom. The standard InChI is InChI=1S/C22H22N4O5S/c1-25-16-20(26(28)29)24-21(25)22(27)23-18(13-12-17-8-4-2-5-9-17)14-15-32(30,31)19-10-6-3-7-11-19/h2-11,14-16,18H,12-13H2,1H3,(H,23,27). The van der Waals surface area contributed by atoms with Crippen LogP contribution in [0.25, 0.3) is 0 Å². The van der Waals surface area contributed by atoms with E-state index in [4.69, 9.17) is 0 Å². The number of benzene rings is 2. The Morgan fingerprint density at radius 3 is 2.38 bits per heavy atom. The number of carbonyl (C=O) groups excluding carboxylic acids is 1. The third-order valence-corrected chi connectivity index (χ3v) is 6.16. The molecule has 0 saturated heterocycles. The average molecular weight is 455 g/mol. The predicted octanol–water partition coefficient (Wildman–Crippen LogP) is 3.05. The zero-order valence-electron chi connectivity index (χ0n) is 17.3. The number of hydrogen-bond acceptors (Lipinski definition) is 6. The summed E-state index contributed by atoms with van der Waals surface area (Å²) in [5, 5.41) is 14.7. The summed E-state index contributed by atoms with van der Waals surface area (Å²) in [5.41, 5.74) is 1.03. The Morgan fingerprint density at radius 1 is 1.16 bits per heavy atom. The number of sulfone groups is 1. The number of nitro groups is 1. The van der Waals surface area contributed by atoms with E-state index in [1.54, 1.807) is 18.2 Å². The van der Waals surface area contributed by atoms with Crippen molar-refractivity contribution < 1.29 is 18.1 Å². The van der Waals surface area contributed by atoms with E-state index in [0.29, 0.717) is 12.8 Å². The summed E-state index contributed by atoms with van der Waals surface area (Å²) < 4.78 is 26.5. The van der Waals surface area contributed by atoms with Crippen LogP contribution in [-0.4, -0.2) is 34.8 Å². The third kappa shape index (κ3) is 5.88. The number of imidazole rings is 1. The Bertz CT molecular complexity index is 1220. The highest BCUT2D eigenvalue weighted by Gasteiger charge is 2.25. The van der Waals surface area contributed by atoms with Crippen LogP contribution in [0.2, 0.25) is 0 Å². The number of nitrogens with one attached hydrogen (secondary N) is 1. The highest BCUT2D eigenvalue weighted by atomic mass is 32.2. The lowest BCUT2D eigenvalue weighted by Gasteiger charge is -2.14. The monoisotopic (exact) mass is 454 g/mol. The molecule has 32 heavy (non-hydrogen) atoms. The summed E-state index contributed by atoms with van der Waals surface area (Å²) >= 11 is 0. The maximum atomic E-state index is 12.7. The van der Waals surface area contributed by atoms with Gasteiger partial charge in [0, 0.05) is 18.5 Å². The van der Waals surface area contributed by atoms with Crippen molar-refractivity contribution in [2.45, 2.75) is 23.8 Å². The lowest BCUT2D eigenvalue weighted by molar-refractivity contribution is -0.389. The Kier molecular flexibility index (Phi) is 7.16. The minimum Gasteiger partial charge on any atom is -0.358 e. The Hall–Kier alpha value is -3.79. The van der Waals surface area contributed by atoms with Crippen LogP contribution in [0.3, 0.4) is 0 Å². The Labute approximate surface area is 185 Å². The summed E-state index contributed by atoms with van der Waals surface area (Å²) in [6.45, 7) is 0. The molecule has 0 saturated carbocycles. The molecule has 1 aromatic heterocycles. The van der Waals surface area contributed by atoms with Crippen molar-refractivity contribution in [3.63, 3.8) is 0 Å². The summed E-state index contributed by atoms with van der Waals surface area (Å²) in [7, 11) is -2.22. The molecule has 0 radical (unpaired) electrons. The van der Waals surface area contributed by atoms with Gasteiger partial charge < -0.3 is 20.0 Å². The van der Waals surface area contributed by atoms with Crippen molar-refractivity contribution in [3.8, 4) is 0 Å². The first-order valence-electron chi connectivity index (χ1n) is 9.77. The summed E-state index contributed by atoms with van der Waals surface area (Å²) in [5.74, 6) is -1.22. The van der Waals surface area contributed by atoms with E-state index in [9.17, 15) is 23.3 Å². The van der Waals surface area contributed by atoms with Gasteiger partial charge in [-0.25, -0.2) is 8.42 Å². The van der Waals surface area contributed by atoms with Crippen LogP contribution < -0.4 is 5.32 Å². The molecular weight excluding hydrogens is 432 g/mol. The first-order chi connectivity index (χ1) is 15.3. The quantitative estimate of drug-likeness (QED) is 0.391. The van der Waals surface area contributed by atoms with Crippen molar-refractivity contribution in [3.05, 3.63) is 99.8 Å². The van der Waals surface area contributed by atoms with Crippen LogP contribution in [0, 0.1) is 10.1 Å². The lowest BCUT2D eigenvalue weighted by atomic mass is 10.1. The predicted molar refractivity (Wildman–Crippen MR) is 119 cm³/mol. The topological polar surface area (TPSA) is 124 Å². The van der Waals surface area contributed by atoms with Gasteiger partial charge in [0.15, 0.2) is 9.84 Å². The van der Waals surface area contributed by atoms with Gasteiger partial charge in [-0.15, -0.1) is 0 Å². The van der Waals surface area contributed by atoms with Crippen LogP contribution in [0.15, 0.2) is 83.2 Å². The van der Waals surface area contributed by atoms with Crippen molar-refractivity contribution >= 4 is 21.6 Å². The summed E-state index contributed by atoms with van der Waals surface area (Å²) in [6, 6.07) is 16.9. The molecule has 0 bridgehead atoms. The number of hydrogen-bond donors (Lipinski definition) is 1. The van der Waals surface area contributed by atoms with Crippen LogP contribution in [-0.2, 0) is 23.3 Å². The molecule has 1 amide bonds. The molecule has 0 aliphatic rings.